The SMILES string of the molecule is C.O=C(CCCN1CCN(c2ccc(Cl)cc2)CC1)N1CCC(Nc2ccc(Cl)c(SC(F)(F)F)c2)CC1. The molecule has 0 aromatic heterocycles. The number of rotatable bonds is 8. The molecule has 2 saturated heterocycles. The zero-order valence-electron chi connectivity index (χ0n) is 20.4. The molecule has 2 aliphatic heterocycles. The van der Waals surface area contributed by atoms with E-state index in [0.29, 0.717) is 25.2 Å². The Balaban J connectivity index is 0.00000400. The summed E-state index contributed by atoms with van der Waals surface area (Å²) < 4.78 is 38.3. The minimum absolute atomic E-state index is 0. The molecule has 2 aliphatic rings. The summed E-state index contributed by atoms with van der Waals surface area (Å²) in [7, 11) is 0. The van der Waals surface area contributed by atoms with E-state index in [2.05, 4.69) is 27.2 Å². The topological polar surface area (TPSA) is 38.8 Å². The highest BCUT2D eigenvalue weighted by molar-refractivity contribution is 8.00. The van der Waals surface area contributed by atoms with Crippen LogP contribution in [-0.2, 0) is 4.79 Å². The third kappa shape index (κ3) is 9.14. The lowest BCUT2D eigenvalue weighted by atomic mass is 10.0. The fourth-order valence-corrected chi connectivity index (χ4v) is 5.76. The molecule has 2 fully saturated rings. The van der Waals surface area contributed by atoms with Gasteiger partial charge in [0.25, 0.3) is 0 Å². The lowest BCUT2D eigenvalue weighted by Gasteiger charge is -2.36. The van der Waals surface area contributed by atoms with Crippen LogP contribution in [0.25, 0.3) is 0 Å². The summed E-state index contributed by atoms with van der Waals surface area (Å²) in [6, 6.07) is 12.6. The van der Waals surface area contributed by atoms with Crippen LogP contribution in [0.15, 0.2) is 47.4 Å². The van der Waals surface area contributed by atoms with E-state index >= 15 is 0 Å². The molecule has 1 amide bonds. The van der Waals surface area contributed by atoms with E-state index in [-0.39, 0.29) is 41.1 Å². The van der Waals surface area contributed by atoms with Crippen molar-refractivity contribution < 1.29 is 18.0 Å². The first-order valence-electron chi connectivity index (χ1n) is 12.5. The van der Waals surface area contributed by atoms with Crippen molar-refractivity contribution in [3.05, 3.63) is 52.5 Å². The zero-order chi connectivity index (χ0) is 26.4. The van der Waals surface area contributed by atoms with Crippen molar-refractivity contribution in [2.24, 2.45) is 0 Å². The van der Waals surface area contributed by atoms with E-state index in [1.54, 1.807) is 6.07 Å². The Morgan fingerprint density at radius 2 is 1.63 bits per heavy atom. The second-order valence-corrected chi connectivity index (χ2v) is 11.4. The molecular formula is C27H35Cl2F3N4OS. The number of piperazine rings is 1. The quantitative estimate of drug-likeness (QED) is 0.328. The zero-order valence-corrected chi connectivity index (χ0v) is 22.8. The number of benzene rings is 2. The Labute approximate surface area is 237 Å². The molecule has 0 atom stereocenters. The van der Waals surface area contributed by atoms with Gasteiger partial charge in [0.1, 0.15) is 0 Å². The molecule has 0 radical (unpaired) electrons. The summed E-state index contributed by atoms with van der Waals surface area (Å²) in [6.07, 6.45) is 2.87. The first kappa shape index (κ1) is 30.7. The molecule has 0 spiro atoms. The van der Waals surface area contributed by atoms with Crippen molar-refractivity contribution in [3.63, 3.8) is 0 Å². The van der Waals surface area contributed by atoms with Gasteiger partial charge in [0.2, 0.25) is 5.91 Å². The summed E-state index contributed by atoms with van der Waals surface area (Å²) in [5.74, 6) is 0.175. The van der Waals surface area contributed by atoms with Gasteiger partial charge >= 0.3 is 5.51 Å². The number of hydrogen-bond donors (Lipinski definition) is 1. The number of thioether (sulfide) groups is 1. The minimum Gasteiger partial charge on any atom is -0.382 e. The van der Waals surface area contributed by atoms with Gasteiger partial charge in [-0.25, -0.2) is 0 Å². The molecule has 1 N–H and O–H groups in total. The molecule has 38 heavy (non-hydrogen) atoms. The van der Waals surface area contributed by atoms with Crippen molar-refractivity contribution in [1.82, 2.24) is 9.80 Å². The smallest absolute Gasteiger partial charge is 0.382 e. The molecule has 4 rings (SSSR count). The Kier molecular flexibility index (Phi) is 11.3. The highest BCUT2D eigenvalue weighted by atomic mass is 35.5. The average molecular weight is 592 g/mol. The van der Waals surface area contributed by atoms with Crippen LogP contribution >= 0.6 is 35.0 Å². The number of anilines is 2. The summed E-state index contributed by atoms with van der Waals surface area (Å²) >= 11 is 11.7. The van der Waals surface area contributed by atoms with Gasteiger partial charge in [-0.2, -0.15) is 13.2 Å². The van der Waals surface area contributed by atoms with Crippen molar-refractivity contribution >= 4 is 52.2 Å². The number of nitrogens with zero attached hydrogens (tertiary/aromatic N) is 3. The maximum absolute atomic E-state index is 12.8. The van der Waals surface area contributed by atoms with Gasteiger partial charge in [-0.1, -0.05) is 30.6 Å². The molecule has 11 heteroatoms. The molecule has 2 aromatic carbocycles. The molecule has 2 aromatic rings. The van der Waals surface area contributed by atoms with E-state index in [9.17, 15) is 18.0 Å². The van der Waals surface area contributed by atoms with E-state index < -0.39 is 5.51 Å². The summed E-state index contributed by atoms with van der Waals surface area (Å²) in [6.45, 7) is 6.07. The largest absolute Gasteiger partial charge is 0.446 e. The van der Waals surface area contributed by atoms with Crippen LogP contribution in [0, 0.1) is 0 Å². The van der Waals surface area contributed by atoms with Crippen LogP contribution < -0.4 is 10.2 Å². The third-order valence-corrected chi connectivity index (χ3v) is 8.29. The second-order valence-electron chi connectivity index (χ2n) is 9.40. The van der Waals surface area contributed by atoms with Crippen LogP contribution in [0.4, 0.5) is 24.5 Å². The van der Waals surface area contributed by atoms with Crippen molar-refractivity contribution in [1.29, 1.82) is 0 Å². The predicted octanol–water partition coefficient (Wildman–Crippen LogP) is 7.25. The van der Waals surface area contributed by atoms with Crippen LogP contribution in [0.5, 0.6) is 0 Å². The number of halogens is 5. The van der Waals surface area contributed by atoms with Gasteiger partial charge < -0.3 is 15.1 Å². The number of carbonyl (C=O) groups is 1. The fourth-order valence-electron chi connectivity index (χ4n) is 4.80. The highest BCUT2D eigenvalue weighted by Crippen LogP contribution is 2.41. The Morgan fingerprint density at radius 3 is 2.26 bits per heavy atom. The molecule has 5 nitrogen and oxygen atoms in total. The number of alkyl halides is 3. The van der Waals surface area contributed by atoms with E-state index in [1.807, 2.05) is 17.0 Å². The van der Waals surface area contributed by atoms with E-state index in [4.69, 9.17) is 23.2 Å². The number of likely N-dealkylation sites (tertiary alicyclic amines) is 1. The first-order valence-corrected chi connectivity index (χ1v) is 14.1. The monoisotopic (exact) mass is 590 g/mol. The van der Waals surface area contributed by atoms with E-state index in [0.717, 1.165) is 57.0 Å². The van der Waals surface area contributed by atoms with Crippen molar-refractivity contribution in [2.45, 2.75) is 49.6 Å². The first-order chi connectivity index (χ1) is 17.7. The Bertz CT molecular complexity index is 1040. The second kappa shape index (κ2) is 14.0. The van der Waals surface area contributed by atoms with Crippen molar-refractivity contribution in [2.75, 3.05) is 56.0 Å². The average Bonchev–Trinajstić information content (AvgIpc) is 2.86. The van der Waals surface area contributed by atoms with Crippen LogP contribution in [0.2, 0.25) is 10.0 Å². The highest BCUT2D eigenvalue weighted by Gasteiger charge is 2.30. The molecular weight excluding hydrogens is 556 g/mol. The Morgan fingerprint density at radius 1 is 0.974 bits per heavy atom. The van der Waals surface area contributed by atoms with Gasteiger partial charge in [-0.05, 0) is 80.0 Å². The lowest BCUT2D eigenvalue weighted by molar-refractivity contribution is -0.132. The molecule has 0 saturated carbocycles. The van der Waals surface area contributed by atoms with Crippen LogP contribution in [0.3, 0.4) is 0 Å². The van der Waals surface area contributed by atoms with Gasteiger partial charge in [0.15, 0.2) is 0 Å². The number of carbonyl (C=O) groups excluding carboxylic acids is 1. The summed E-state index contributed by atoms with van der Waals surface area (Å²) in [4.78, 5) is 19.4. The molecule has 0 bridgehead atoms. The third-order valence-electron chi connectivity index (χ3n) is 6.80. The van der Waals surface area contributed by atoms with Crippen molar-refractivity contribution in [3.8, 4) is 0 Å². The number of piperidine rings is 1. The molecule has 210 valence electrons. The number of amides is 1. The van der Waals surface area contributed by atoms with Crippen LogP contribution in [0.1, 0.15) is 33.1 Å². The summed E-state index contributed by atoms with van der Waals surface area (Å²) in [5, 5.41) is 4.13. The number of hydrogen-bond acceptors (Lipinski definition) is 5. The summed E-state index contributed by atoms with van der Waals surface area (Å²) in [5.41, 5.74) is -2.59. The molecule has 0 unspecified atom stereocenters. The van der Waals surface area contributed by atoms with Gasteiger partial charge in [0.05, 0.1) is 5.02 Å². The Hall–Kier alpha value is -1.81. The minimum atomic E-state index is -4.39. The predicted molar refractivity (Wildman–Crippen MR) is 153 cm³/mol. The molecule has 0 aliphatic carbocycles. The van der Waals surface area contributed by atoms with Gasteiger partial charge in [-0.3, -0.25) is 9.69 Å². The maximum Gasteiger partial charge on any atom is 0.446 e. The van der Waals surface area contributed by atoms with Crippen LogP contribution in [-0.4, -0.2) is 73.1 Å². The standard InChI is InChI=1S/C26H31Cl2F3N4OS.CH4/c27-19-3-6-22(7-4-19)34-16-14-33(15-17-34)11-1-2-25(36)35-12-9-20(10-13-35)32-21-5-8-23(28)24(18-21)37-26(29,30)31;/h3-8,18,20,32H,1-2,9-17H2;1H4. The lowest BCUT2D eigenvalue weighted by Crippen LogP contribution is -2.47. The van der Waals surface area contributed by atoms with Gasteiger partial charge in [-0.15, -0.1) is 0 Å². The maximum atomic E-state index is 12.8. The van der Waals surface area contributed by atoms with Gasteiger partial charge in [0, 0.05) is 73.0 Å². The number of nitrogens with one attached hydrogen (secondary N) is 1. The van der Waals surface area contributed by atoms with E-state index in [1.165, 1.54) is 17.8 Å². The fraction of sp³-hybridized carbons (Fsp3) is 0.519. The molecule has 2 heterocycles. The normalized spacial score (nSPS) is 17.3.